The monoisotopic (exact) mass is 591 g/mol. The first-order valence-electron chi connectivity index (χ1n) is 14.0. The summed E-state index contributed by atoms with van der Waals surface area (Å²) in [5.74, 6) is 0. The van der Waals surface area contributed by atoms with Crippen LogP contribution in [0.3, 0.4) is 0 Å². The lowest BCUT2D eigenvalue weighted by Crippen LogP contribution is -2.71. The van der Waals surface area contributed by atoms with Crippen LogP contribution in [0.15, 0.2) is 11.1 Å². The van der Waals surface area contributed by atoms with Gasteiger partial charge in [0.25, 0.3) is 0 Å². The molecule has 1 aromatic carbocycles. The van der Waals surface area contributed by atoms with Crippen molar-refractivity contribution in [2.24, 2.45) is 10.4 Å². The molecule has 2 aliphatic carbocycles. The Kier molecular flexibility index (Phi) is 8.32. The molecule has 1 aliphatic heterocycles. The molecule has 3 N–H and O–H groups in total. The van der Waals surface area contributed by atoms with Crippen molar-refractivity contribution in [1.29, 1.82) is 0 Å². The predicted molar refractivity (Wildman–Crippen MR) is 155 cm³/mol. The van der Waals surface area contributed by atoms with Gasteiger partial charge in [-0.1, -0.05) is 26.8 Å². The fourth-order valence-corrected chi connectivity index (χ4v) is 7.63. The Hall–Kier alpha value is -3.35. The number of alkyl carbamates (subject to hydrolysis) is 1. The lowest BCUT2D eigenvalue weighted by molar-refractivity contribution is 0.0497. The Morgan fingerprint density at radius 1 is 0.976 bits per heavy atom. The first kappa shape index (κ1) is 30.6. The van der Waals surface area contributed by atoms with Gasteiger partial charge < -0.3 is 25.0 Å². The second kappa shape index (κ2) is 11.1. The van der Waals surface area contributed by atoms with Gasteiger partial charge in [0.15, 0.2) is 0 Å². The van der Waals surface area contributed by atoms with Crippen molar-refractivity contribution in [3.8, 4) is 0 Å². The summed E-state index contributed by atoms with van der Waals surface area (Å²) in [7, 11) is -2.85. The van der Waals surface area contributed by atoms with E-state index in [2.05, 4.69) is 26.4 Å². The minimum Gasteiger partial charge on any atom is -0.442 e. The molecular weight excluding hydrogens is 550 g/mol. The smallest absolute Gasteiger partial charge is 0.438 e. The summed E-state index contributed by atoms with van der Waals surface area (Å²) in [4.78, 5) is 42.9. The number of ether oxygens (including phenoxy) is 2. The number of likely N-dealkylation sites (tertiary alicyclic amines) is 1. The van der Waals surface area contributed by atoms with Gasteiger partial charge >= 0.3 is 24.2 Å². The van der Waals surface area contributed by atoms with Gasteiger partial charge in [-0.25, -0.2) is 27.5 Å². The zero-order valence-electron chi connectivity index (χ0n) is 24.8. The molecule has 0 spiro atoms. The number of nitrogens with one attached hydrogen (secondary N) is 3. The van der Waals surface area contributed by atoms with Crippen LogP contribution >= 0.6 is 0 Å². The highest BCUT2D eigenvalue weighted by Crippen LogP contribution is 2.40. The second-order valence-electron chi connectivity index (χ2n) is 12.9. The van der Waals surface area contributed by atoms with Gasteiger partial charge in [0.2, 0.25) is 10.0 Å². The second-order valence-corrected chi connectivity index (χ2v) is 14.8. The summed E-state index contributed by atoms with van der Waals surface area (Å²) in [5, 5.41) is 4.10. The van der Waals surface area contributed by atoms with Crippen LogP contribution in [0, 0.1) is 5.41 Å². The Balaban J connectivity index is 1.55. The highest BCUT2D eigenvalue weighted by Gasteiger charge is 2.55. The maximum atomic E-state index is 13.5. The number of carbonyl (C=O) groups excluding carboxylic acids is 3. The third-order valence-electron chi connectivity index (χ3n) is 7.51. The number of sulfonamides is 1. The van der Waals surface area contributed by atoms with Crippen molar-refractivity contribution < 1.29 is 32.3 Å². The minimum absolute atomic E-state index is 0.167. The number of amides is 4. The molecule has 0 bridgehead atoms. The molecule has 226 valence electrons. The molecule has 0 radical (unpaired) electrons. The zero-order chi connectivity index (χ0) is 30.3. The zero-order valence-corrected chi connectivity index (χ0v) is 25.7. The van der Waals surface area contributed by atoms with E-state index in [1.54, 1.807) is 20.8 Å². The van der Waals surface area contributed by atoms with E-state index in [0.717, 1.165) is 55.3 Å². The van der Waals surface area contributed by atoms with Gasteiger partial charge in [-0.3, -0.25) is 0 Å². The highest BCUT2D eigenvalue weighted by atomic mass is 32.2. The quantitative estimate of drug-likeness (QED) is 0.354. The Labute approximate surface area is 241 Å². The van der Waals surface area contributed by atoms with Gasteiger partial charge in [0.05, 0.1) is 6.04 Å². The van der Waals surface area contributed by atoms with E-state index in [0.29, 0.717) is 0 Å². The average molecular weight is 592 g/mol. The Morgan fingerprint density at radius 2 is 1.56 bits per heavy atom. The molecule has 41 heavy (non-hydrogen) atoms. The van der Waals surface area contributed by atoms with Crippen LogP contribution < -0.4 is 15.4 Å². The SMILES string of the molecule is CNC(=O)OC(=NC(=O)OC(C)(C)C)N1CC(S(=O)(=O)NC(=O)Nc2c3c(cc4c2CCC4)CCC3)C1C(C)(C)C. The average Bonchev–Trinajstić information content (AvgIpc) is 3.44. The van der Waals surface area contributed by atoms with Crippen LogP contribution in [0.5, 0.6) is 0 Å². The number of carbonyl (C=O) groups is 3. The number of urea groups is 1. The van der Waals surface area contributed by atoms with Crippen molar-refractivity contribution in [3.63, 3.8) is 0 Å². The van der Waals surface area contributed by atoms with Gasteiger partial charge in [-0.15, -0.1) is 4.99 Å². The number of hydrogen-bond acceptors (Lipinski definition) is 7. The van der Waals surface area contributed by atoms with Crippen LogP contribution in [-0.4, -0.2) is 68.0 Å². The summed E-state index contributed by atoms with van der Waals surface area (Å²) in [6.45, 7) is 10.3. The van der Waals surface area contributed by atoms with Gasteiger partial charge in [-0.05, 0) is 87.0 Å². The fourth-order valence-electron chi connectivity index (χ4n) is 5.91. The summed E-state index contributed by atoms with van der Waals surface area (Å²) in [6.07, 6.45) is 3.73. The number of aryl methyl sites for hydroxylation is 2. The van der Waals surface area contributed by atoms with E-state index < -0.39 is 50.5 Å². The minimum atomic E-state index is -4.19. The van der Waals surface area contributed by atoms with Crippen LogP contribution in [0.25, 0.3) is 0 Å². The first-order valence-corrected chi connectivity index (χ1v) is 15.5. The molecule has 0 aromatic heterocycles. The molecule has 1 heterocycles. The van der Waals surface area contributed by atoms with Crippen LogP contribution in [-0.2, 0) is 45.2 Å². The van der Waals surface area contributed by atoms with Crippen LogP contribution in [0.1, 0.15) is 76.6 Å². The lowest BCUT2D eigenvalue weighted by atomic mass is 9.79. The number of aliphatic imine (C=N–C) groups is 1. The number of nitrogens with zero attached hydrogens (tertiary/aromatic N) is 2. The number of fused-ring (bicyclic) bond motifs is 2. The van der Waals surface area contributed by atoms with E-state index in [9.17, 15) is 22.8 Å². The summed E-state index contributed by atoms with van der Waals surface area (Å²) < 4.78 is 39.8. The molecule has 2 unspecified atom stereocenters. The van der Waals surface area contributed by atoms with Crippen molar-refractivity contribution in [1.82, 2.24) is 14.9 Å². The molecular formula is C28H41N5O7S. The number of anilines is 1. The molecule has 2 atom stereocenters. The molecule has 1 fully saturated rings. The number of hydrogen-bond donors (Lipinski definition) is 3. The van der Waals surface area contributed by atoms with Crippen LogP contribution in [0.2, 0.25) is 0 Å². The topological polar surface area (TPSA) is 155 Å². The Morgan fingerprint density at radius 3 is 2.07 bits per heavy atom. The molecule has 12 nitrogen and oxygen atoms in total. The van der Waals surface area contributed by atoms with Gasteiger partial charge in [0, 0.05) is 19.3 Å². The summed E-state index contributed by atoms with van der Waals surface area (Å²) in [6, 6.07) is 0.252. The summed E-state index contributed by atoms with van der Waals surface area (Å²) >= 11 is 0. The molecule has 4 amide bonds. The third kappa shape index (κ3) is 6.77. The standard InChI is InChI=1S/C28H41N5O7S/c1-27(2,3)22-20(15-33(22)24(39-25(35)29-7)31-26(36)40-28(4,5)6)41(37,38)32-23(34)30-21-18-12-8-10-16(18)14-17-11-9-13-19(17)21/h14,20,22H,8-13,15H2,1-7H3,(H,29,35)(H2,30,32,34). The first-order chi connectivity index (χ1) is 19.0. The highest BCUT2D eigenvalue weighted by molar-refractivity contribution is 7.90. The lowest BCUT2D eigenvalue weighted by Gasteiger charge is -2.53. The Bertz CT molecular complexity index is 1340. The van der Waals surface area contributed by atoms with E-state index in [1.807, 2.05) is 20.8 Å². The van der Waals surface area contributed by atoms with E-state index >= 15 is 0 Å². The van der Waals surface area contributed by atoms with Crippen molar-refractivity contribution >= 4 is 39.9 Å². The molecule has 4 rings (SSSR count). The van der Waals surface area contributed by atoms with Gasteiger partial charge in [0.1, 0.15) is 10.9 Å². The van der Waals surface area contributed by atoms with Gasteiger partial charge in [-0.2, -0.15) is 0 Å². The van der Waals surface area contributed by atoms with E-state index in [1.165, 1.54) is 23.1 Å². The predicted octanol–water partition coefficient (Wildman–Crippen LogP) is 3.86. The maximum Gasteiger partial charge on any atom is 0.438 e. The number of benzene rings is 1. The normalized spacial score (nSPS) is 20.5. The third-order valence-corrected chi connectivity index (χ3v) is 9.19. The molecule has 0 saturated carbocycles. The largest absolute Gasteiger partial charge is 0.442 e. The van der Waals surface area contributed by atoms with Crippen molar-refractivity contribution in [2.75, 3.05) is 18.9 Å². The number of amidine groups is 1. The molecule has 13 heteroatoms. The fraction of sp³-hybridized carbons (Fsp3) is 0.643. The number of rotatable bonds is 3. The molecule has 1 aromatic rings. The summed E-state index contributed by atoms with van der Waals surface area (Å²) in [5.41, 5.74) is 3.84. The van der Waals surface area contributed by atoms with Crippen molar-refractivity contribution in [2.45, 2.75) is 97.0 Å². The van der Waals surface area contributed by atoms with Crippen LogP contribution in [0.4, 0.5) is 20.1 Å². The maximum absolute atomic E-state index is 13.5. The molecule has 3 aliphatic rings. The molecule has 1 saturated heterocycles. The van der Waals surface area contributed by atoms with E-state index in [-0.39, 0.29) is 12.6 Å². The van der Waals surface area contributed by atoms with Crippen molar-refractivity contribution in [3.05, 3.63) is 28.3 Å². The van der Waals surface area contributed by atoms with E-state index in [4.69, 9.17) is 9.47 Å².